The minimum absolute atomic E-state index is 0.712. The highest BCUT2D eigenvalue weighted by Crippen LogP contribution is 2.12. The van der Waals surface area contributed by atoms with Crippen molar-refractivity contribution in [2.75, 3.05) is 18.6 Å². The molecule has 2 N–H and O–H groups in total. The lowest BCUT2D eigenvalue weighted by molar-refractivity contribution is 0.615. The van der Waals surface area contributed by atoms with E-state index in [2.05, 4.69) is 0 Å². The van der Waals surface area contributed by atoms with Crippen molar-refractivity contribution in [2.24, 2.45) is 5.73 Å². The van der Waals surface area contributed by atoms with Crippen LogP contribution in [0.1, 0.15) is 25.7 Å². The maximum absolute atomic E-state index is 10.7. The molecule has 0 radical (unpaired) electrons. The summed E-state index contributed by atoms with van der Waals surface area (Å²) in [4.78, 5) is 0. The number of unbranched alkanes of at least 4 members (excludes halogenated alkanes) is 3. The van der Waals surface area contributed by atoms with Gasteiger partial charge in [-0.2, -0.15) is 0 Å². The molecule has 5 heteroatoms. The van der Waals surface area contributed by atoms with E-state index in [-0.39, 0.29) is 0 Å². The van der Waals surface area contributed by atoms with Crippen LogP contribution in [0, 0.1) is 0 Å². The molecule has 0 aliphatic carbocycles. The van der Waals surface area contributed by atoms with Crippen molar-refractivity contribution in [1.29, 1.82) is 0 Å². The third-order valence-electron chi connectivity index (χ3n) is 1.40. The zero-order valence-corrected chi connectivity index (χ0v) is 9.09. The SMILES string of the molecule is CS(=O)(=O)SCCCCCCN. The maximum atomic E-state index is 10.7. The zero-order chi connectivity index (χ0) is 9.45. The van der Waals surface area contributed by atoms with Gasteiger partial charge in [-0.05, 0) is 30.2 Å². The van der Waals surface area contributed by atoms with Crippen LogP contribution in [0.3, 0.4) is 0 Å². The van der Waals surface area contributed by atoms with Gasteiger partial charge in [0.2, 0.25) is 0 Å². The van der Waals surface area contributed by atoms with E-state index < -0.39 is 8.87 Å². The lowest BCUT2D eigenvalue weighted by atomic mass is 10.2. The normalized spacial score (nSPS) is 11.8. The highest BCUT2D eigenvalue weighted by Gasteiger charge is 2.00. The van der Waals surface area contributed by atoms with Crippen molar-refractivity contribution in [3.8, 4) is 0 Å². The lowest BCUT2D eigenvalue weighted by Gasteiger charge is -1.98. The second-order valence-electron chi connectivity index (χ2n) is 2.73. The Morgan fingerprint density at radius 1 is 1.17 bits per heavy atom. The highest BCUT2D eigenvalue weighted by molar-refractivity contribution is 8.71. The molecule has 0 heterocycles. The first-order valence-electron chi connectivity index (χ1n) is 4.11. The number of hydrogen-bond donors (Lipinski definition) is 1. The third-order valence-corrected chi connectivity index (χ3v) is 4.06. The van der Waals surface area contributed by atoms with E-state index in [4.69, 9.17) is 5.73 Å². The molecule has 0 atom stereocenters. The van der Waals surface area contributed by atoms with Gasteiger partial charge in [0.1, 0.15) is 0 Å². The predicted molar refractivity (Wildman–Crippen MR) is 54.8 cm³/mol. The first-order valence-corrected chi connectivity index (χ1v) is 7.50. The van der Waals surface area contributed by atoms with Crippen LogP contribution in [0.25, 0.3) is 0 Å². The van der Waals surface area contributed by atoms with Crippen LogP contribution >= 0.6 is 10.8 Å². The molecule has 0 saturated carbocycles. The standard InChI is InChI=1S/C7H17NO2S2/c1-12(9,10)11-7-5-3-2-4-6-8/h2-8H2,1H3. The van der Waals surface area contributed by atoms with Crippen molar-refractivity contribution in [2.45, 2.75) is 25.7 Å². The van der Waals surface area contributed by atoms with Gasteiger partial charge in [-0.25, -0.2) is 8.42 Å². The molecular weight excluding hydrogens is 194 g/mol. The molecule has 0 unspecified atom stereocenters. The largest absolute Gasteiger partial charge is 0.330 e. The molecule has 0 bridgehead atoms. The summed E-state index contributed by atoms with van der Waals surface area (Å²) in [5.74, 6) is 0.712. The minimum atomic E-state index is -2.82. The molecule has 0 aromatic heterocycles. The first kappa shape index (κ1) is 12.3. The third kappa shape index (κ3) is 10.3. The summed E-state index contributed by atoms with van der Waals surface area (Å²) in [6.07, 6.45) is 5.46. The second kappa shape index (κ2) is 6.74. The first-order chi connectivity index (χ1) is 5.56. The quantitative estimate of drug-likeness (QED) is 0.508. The van der Waals surface area contributed by atoms with E-state index in [1.54, 1.807) is 0 Å². The van der Waals surface area contributed by atoms with Gasteiger partial charge >= 0.3 is 0 Å². The molecule has 0 aromatic carbocycles. The van der Waals surface area contributed by atoms with Crippen LogP contribution in [-0.4, -0.2) is 27.0 Å². The Morgan fingerprint density at radius 2 is 1.75 bits per heavy atom. The van der Waals surface area contributed by atoms with Gasteiger partial charge in [-0.1, -0.05) is 12.8 Å². The maximum Gasteiger partial charge on any atom is 0.198 e. The summed E-state index contributed by atoms with van der Waals surface area (Å²) >= 11 is 0. The molecule has 3 nitrogen and oxygen atoms in total. The Balaban J connectivity index is 3.12. The average Bonchev–Trinajstić information content (AvgIpc) is 1.94. The Hall–Kier alpha value is 0.260. The predicted octanol–water partition coefficient (Wildman–Crippen LogP) is 1.20. The molecular formula is C7H17NO2S2. The zero-order valence-electron chi connectivity index (χ0n) is 7.45. The van der Waals surface area contributed by atoms with E-state index in [0.29, 0.717) is 5.75 Å². The molecule has 0 spiro atoms. The van der Waals surface area contributed by atoms with Crippen LogP contribution in [0.2, 0.25) is 0 Å². The molecule has 0 aliphatic rings. The molecule has 0 saturated heterocycles. The Bertz CT molecular complexity index is 190. The van der Waals surface area contributed by atoms with Crippen molar-refractivity contribution >= 4 is 19.7 Å². The summed E-state index contributed by atoms with van der Waals surface area (Å²) in [7, 11) is -1.79. The highest BCUT2D eigenvalue weighted by atomic mass is 33.1. The summed E-state index contributed by atoms with van der Waals surface area (Å²) in [6.45, 7) is 0.735. The Morgan fingerprint density at radius 3 is 2.25 bits per heavy atom. The fraction of sp³-hybridized carbons (Fsp3) is 1.00. The van der Waals surface area contributed by atoms with Gasteiger partial charge in [0.15, 0.2) is 8.87 Å². The van der Waals surface area contributed by atoms with E-state index in [1.165, 1.54) is 6.26 Å². The number of hydrogen-bond acceptors (Lipinski definition) is 4. The van der Waals surface area contributed by atoms with Gasteiger partial charge in [0.25, 0.3) is 0 Å². The summed E-state index contributed by atoms with van der Waals surface area (Å²) in [5, 5.41) is 0. The van der Waals surface area contributed by atoms with Crippen LogP contribution in [-0.2, 0) is 8.87 Å². The molecule has 0 rings (SSSR count). The van der Waals surface area contributed by atoms with Gasteiger partial charge in [0, 0.05) is 12.0 Å². The fourth-order valence-electron chi connectivity index (χ4n) is 0.810. The fourth-order valence-corrected chi connectivity index (χ4v) is 2.70. The van der Waals surface area contributed by atoms with Crippen LogP contribution in [0.15, 0.2) is 0 Å². The van der Waals surface area contributed by atoms with E-state index in [1.807, 2.05) is 0 Å². The van der Waals surface area contributed by atoms with Crippen molar-refractivity contribution in [3.05, 3.63) is 0 Å². The van der Waals surface area contributed by atoms with Crippen molar-refractivity contribution in [1.82, 2.24) is 0 Å². The molecule has 0 fully saturated rings. The monoisotopic (exact) mass is 211 g/mol. The Kier molecular flexibility index (Phi) is 6.89. The van der Waals surface area contributed by atoms with E-state index in [0.717, 1.165) is 43.0 Å². The van der Waals surface area contributed by atoms with Crippen LogP contribution in [0.4, 0.5) is 0 Å². The summed E-state index contributed by atoms with van der Waals surface area (Å²) in [6, 6.07) is 0. The second-order valence-corrected chi connectivity index (χ2v) is 7.30. The van der Waals surface area contributed by atoms with Crippen molar-refractivity contribution < 1.29 is 8.42 Å². The van der Waals surface area contributed by atoms with Crippen molar-refractivity contribution in [3.63, 3.8) is 0 Å². The summed E-state index contributed by atoms with van der Waals surface area (Å²) < 4.78 is 21.3. The van der Waals surface area contributed by atoms with Gasteiger partial charge in [-0.15, -0.1) is 0 Å². The lowest BCUT2D eigenvalue weighted by Crippen LogP contribution is -1.98. The van der Waals surface area contributed by atoms with E-state index in [9.17, 15) is 8.42 Å². The van der Waals surface area contributed by atoms with Gasteiger partial charge in [-0.3, -0.25) is 0 Å². The molecule has 74 valence electrons. The number of nitrogens with two attached hydrogens (primary N) is 1. The summed E-state index contributed by atoms with van der Waals surface area (Å²) in [5.41, 5.74) is 5.31. The van der Waals surface area contributed by atoms with Gasteiger partial charge < -0.3 is 5.73 Å². The smallest absolute Gasteiger partial charge is 0.198 e. The molecule has 0 amide bonds. The minimum Gasteiger partial charge on any atom is -0.330 e. The topological polar surface area (TPSA) is 60.2 Å². The average molecular weight is 211 g/mol. The van der Waals surface area contributed by atoms with Crippen LogP contribution in [0.5, 0.6) is 0 Å². The molecule has 12 heavy (non-hydrogen) atoms. The van der Waals surface area contributed by atoms with E-state index >= 15 is 0 Å². The molecule has 0 aromatic rings. The van der Waals surface area contributed by atoms with Gasteiger partial charge in [0.05, 0.1) is 0 Å². The van der Waals surface area contributed by atoms with Crippen LogP contribution < -0.4 is 5.73 Å². The molecule has 0 aliphatic heterocycles. The number of rotatable bonds is 7. The Labute approximate surface area is 78.4 Å².